The van der Waals surface area contributed by atoms with E-state index in [4.69, 9.17) is 9.84 Å². The number of pyridine rings is 1. The fraction of sp³-hybridized carbons (Fsp3) is 0.500. The number of amides is 1. The van der Waals surface area contributed by atoms with Gasteiger partial charge >= 0.3 is 5.97 Å². The fourth-order valence-corrected chi connectivity index (χ4v) is 2.18. The number of carboxylic acid groups (broad SMARTS) is 1. The standard InChI is InChI=1S/C14H18N2O4/c17-13(5-4-11-3-1-2-8-20-11)16-10-6-7-15-12(9-10)14(18)19/h6-7,9,11H,1-5,8H2,(H,18,19)(H,15,16,17). The van der Waals surface area contributed by atoms with E-state index in [-0.39, 0.29) is 17.7 Å². The molecule has 0 spiro atoms. The highest BCUT2D eigenvalue weighted by molar-refractivity contribution is 5.92. The Morgan fingerprint density at radius 2 is 2.30 bits per heavy atom. The van der Waals surface area contributed by atoms with Crippen molar-refractivity contribution in [3.63, 3.8) is 0 Å². The maximum atomic E-state index is 11.8. The van der Waals surface area contributed by atoms with Gasteiger partial charge in [0.05, 0.1) is 6.10 Å². The van der Waals surface area contributed by atoms with Crippen LogP contribution >= 0.6 is 0 Å². The molecule has 0 saturated carbocycles. The van der Waals surface area contributed by atoms with Crippen molar-refractivity contribution in [2.75, 3.05) is 11.9 Å². The third-order valence-corrected chi connectivity index (χ3v) is 3.23. The summed E-state index contributed by atoms with van der Waals surface area (Å²) in [6.07, 6.45) is 5.85. The van der Waals surface area contributed by atoms with Gasteiger partial charge in [-0.2, -0.15) is 0 Å². The third-order valence-electron chi connectivity index (χ3n) is 3.23. The average molecular weight is 278 g/mol. The highest BCUT2D eigenvalue weighted by Gasteiger charge is 2.15. The molecule has 1 amide bonds. The number of anilines is 1. The Kier molecular flexibility index (Phi) is 5.06. The predicted molar refractivity (Wildman–Crippen MR) is 72.7 cm³/mol. The Morgan fingerprint density at radius 3 is 3.00 bits per heavy atom. The van der Waals surface area contributed by atoms with Crippen molar-refractivity contribution in [1.82, 2.24) is 4.98 Å². The summed E-state index contributed by atoms with van der Waals surface area (Å²) < 4.78 is 5.56. The van der Waals surface area contributed by atoms with Gasteiger partial charge in [-0.15, -0.1) is 0 Å². The second-order valence-corrected chi connectivity index (χ2v) is 4.81. The molecule has 20 heavy (non-hydrogen) atoms. The van der Waals surface area contributed by atoms with Crippen LogP contribution in [0.4, 0.5) is 5.69 Å². The Hall–Kier alpha value is -1.95. The molecule has 0 radical (unpaired) electrons. The van der Waals surface area contributed by atoms with Crippen LogP contribution in [0.5, 0.6) is 0 Å². The molecule has 1 aliphatic rings. The van der Waals surface area contributed by atoms with Crippen molar-refractivity contribution in [2.24, 2.45) is 0 Å². The monoisotopic (exact) mass is 278 g/mol. The molecule has 1 fully saturated rings. The molecule has 2 N–H and O–H groups in total. The third kappa shape index (κ3) is 4.31. The minimum absolute atomic E-state index is 0.0848. The zero-order valence-electron chi connectivity index (χ0n) is 11.2. The van der Waals surface area contributed by atoms with Gasteiger partial charge in [0.15, 0.2) is 0 Å². The van der Waals surface area contributed by atoms with E-state index in [9.17, 15) is 9.59 Å². The van der Waals surface area contributed by atoms with Crippen LogP contribution in [-0.4, -0.2) is 34.7 Å². The van der Waals surface area contributed by atoms with Gasteiger partial charge in [0.1, 0.15) is 5.69 Å². The molecule has 1 aliphatic heterocycles. The zero-order chi connectivity index (χ0) is 14.4. The molecular formula is C14H18N2O4. The van der Waals surface area contributed by atoms with Crippen LogP contribution in [0, 0.1) is 0 Å². The number of aromatic nitrogens is 1. The Morgan fingerprint density at radius 1 is 1.45 bits per heavy atom. The Labute approximate surface area is 117 Å². The quantitative estimate of drug-likeness (QED) is 0.860. The summed E-state index contributed by atoms with van der Waals surface area (Å²) >= 11 is 0. The van der Waals surface area contributed by atoms with Crippen LogP contribution in [0.25, 0.3) is 0 Å². The number of rotatable bonds is 5. The van der Waals surface area contributed by atoms with Crippen molar-refractivity contribution >= 4 is 17.6 Å². The predicted octanol–water partition coefficient (Wildman–Crippen LogP) is 2.07. The number of carboxylic acids is 1. The van der Waals surface area contributed by atoms with Gasteiger partial charge in [-0.1, -0.05) is 0 Å². The maximum Gasteiger partial charge on any atom is 0.354 e. The summed E-state index contributed by atoms with van der Waals surface area (Å²) in [5.41, 5.74) is 0.366. The van der Waals surface area contributed by atoms with Gasteiger partial charge < -0.3 is 15.2 Å². The van der Waals surface area contributed by atoms with Crippen LogP contribution < -0.4 is 5.32 Å². The first-order valence-corrected chi connectivity index (χ1v) is 6.76. The Balaban J connectivity index is 1.81. The lowest BCUT2D eigenvalue weighted by Gasteiger charge is -2.22. The lowest BCUT2D eigenvalue weighted by atomic mass is 10.0. The number of aromatic carboxylic acids is 1. The van der Waals surface area contributed by atoms with E-state index >= 15 is 0 Å². The van der Waals surface area contributed by atoms with E-state index < -0.39 is 5.97 Å². The zero-order valence-corrected chi connectivity index (χ0v) is 11.2. The van der Waals surface area contributed by atoms with Crippen LogP contribution in [0.15, 0.2) is 18.3 Å². The van der Waals surface area contributed by atoms with Crippen molar-refractivity contribution in [3.8, 4) is 0 Å². The second-order valence-electron chi connectivity index (χ2n) is 4.81. The summed E-state index contributed by atoms with van der Waals surface area (Å²) in [5, 5.41) is 11.5. The lowest BCUT2D eigenvalue weighted by molar-refractivity contribution is -0.117. The molecule has 1 aromatic heterocycles. The molecule has 1 atom stereocenters. The number of nitrogens with zero attached hydrogens (tertiary/aromatic N) is 1. The van der Waals surface area contributed by atoms with Crippen molar-refractivity contribution < 1.29 is 19.4 Å². The number of carbonyl (C=O) groups is 2. The number of ether oxygens (including phenoxy) is 1. The molecule has 0 bridgehead atoms. The summed E-state index contributed by atoms with van der Waals surface area (Å²) in [6.45, 7) is 0.776. The molecule has 1 saturated heterocycles. The first-order valence-electron chi connectivity index (χ1n) is 6.76. The van der Waals surface area contributed by atoms with Gasteiger partial charge in [-0.25, -0.2) is 9.78 Å². The molecule has 2 heterocycles. The highest BCUT2D eigenvalue weighted by Crippen LogP contribution is 2.17. The molecule has 1 aromatic rings. The van der Waals surface area contributed by atoms with Crippen molar-refractivity contribution in [1.29, 1.82) is 0 Å². The van der Waals surface area contributed by atoms with E-state index in [2.05, 4.69) is 10.3 Å². The van der Waals surface area contributed by atoms with E-state index in [0.29, 0.717) is 18.5 Å². The molecule has 6 nitrogen and oxygen atoms in total. The summed E-state index contributed by atoms with van der Waals surface area (Å²) in [5.74, 6) is -1.25. The fourth-order valence-electron chi connectivity index (χ4n) is 2.18. The van der Waals surface area contributed by atoms with Crippen LogP contribution in [0.1, 0.15) is 42.6 Å². The molecule has 1 unspecified atom stereocenters. The maximum absolute atomic E-state index is 11.8. The normalized spacial score (nSPS) is 18.5. The molecular weight excluding hydrogens is 260 g/mol. The van der Waals surface area contributed by atoms with Gasteiger partial charge in [0, 0.05) is 24.9 Å². The first-order chi connectivity index (χ1) is 9.65. The average Bonchev–Trinajstić information content (AvgIpc) is 2.46. The van der Waals surface area contributed by atoms with Gasteiger partial charge in [-0.3, -0.25) is 4.79 Å². The summed E-state index contributed by atoms with van der Waals surface area (Å²) in [4.78, 5) is 26.3. The number of nitrogens with one attached hydrogen (secondary N) is 1. The van der Waals surface area contributed by atoms with Gasteiger partial charge in [0.25, 0.3) is 0 Å². The van der Waals surface area contributed by atoms with Crippen LogP contribution in [0.2, 0.25) is 0 Å². The molecule has 6 heteroatoms. The van der Waals surface area contributed by atoms with E-state index in [0.717, 1.165) is 25.9 Å². The van der Waals surface area contributed by atoms with Crippen molar-refractivity contribution in [2.45, 2.75) is 38.2 Å². The van der Waals surface area contributed by atoms with E-state index in [1.165, 1.54) is 12.3 Å². The van der Waals surface area contributed by atoms with E-state index in [1.807, 2.05) is 0 Å². The Bertz CT molecular complexity index is 484. The highest BCUT2D eigenvalue weighted by atomic mass is 16.5. The second kappa shape index (κ2) is 7.00. The topological polar surface area (TPSA) is 88.5 Å². The molecule has 0 aromatic carbocycles. The number of hydrogen-bond donors (Lipinski definition) is 2. The lowest BCUT2D eigenvalue weighted by Crippen LogP contribution is -2.21. The van der Waals surface area contributed by atoms with E-state index in [1.54, 1.807) is 6.07 Å². The first kappa shape index (κ1) is 14.5. The van der Waals surface area contributed by atoms with Crippen molar-refractivity contribution in [3.05, 3.63) is 24.0 Å². The molecule has 0 aliphatic carbocycles. The minimum atomic E-state index is -1.11. The number of hydrogen-bond acceptors (Lipinski definition) is 4. The summed E-state index contributed by atoms with van der Waals surface area (Å²) in [7, 11) is 0. The van der Waals surface area contributed by atoms with Crippen LogP contribution in [-0.2, 0) is 9.53 Å². The largest absolute Gasteiger partial charge is 0.477 e. The molecule has 108 valence electrons. The van der Waals surface area contributed by atoms with Gasteiger partial charge in [0.2, 0.25) is 5.91 Å². The number of carbonyl (C=O) groups excluding carboxylic acids is 1. The SMILES string of the molecule is O=C(CCC1CCCCO1)Nc1ccnc(C(=O)O)c1. The van der Waals surface area contributed by atoms with Gasteiger partial charge in [-0.05, 0) is 37.8 Å². The van der Waals surface area contributed by atoms with Crippen LogP contribution in [0.3, 0.4) is 0 Å². The smallest absolute Gasteiger partial charge is 0.354 e. The molecule has 2 rings (SSSR count). The summed E-state index contributed by atoms with van der Waals surface area (Å²) in [6, 6.07) is 2.92. The minimum Gasteiger partial charge on any atom is -0.477 e.